The van der Waals surface area contributed by atoms with Crippen LogP contribution < -0.4 is 13.7 Å². The maximum Gasteiger partial charge on any atom is 0.534 e. The lowest BCUT2D eigenvalue weighted by molar-refractivity contribution is -0.145. The van der Waals surface area contributed by atoms with Crippen molar-refractivity contribution in [3.8, 4) is 17.2 Å². The lowest BCUT2D eigenvalue weighted by atomic mass is 9.96. The van der Waals surface area contributed by atoms with Crippen LogP contribution in [0.5, 0.6) is 17.2 Å². The van der Waals surface area contributed by atoms with Crippen molar-refractivity contribution in [3.05, 3.63) is 65.2 Å². The molecule has 3 aromatic rings. The molecule has 1 atom stereocenters. The van der Waals surface area contributed by atoms with Crippen molar-refractivity contribution >= 4 is 26.9 Å². The summed E-state index contributed by atoms with van der Waals surface area (Å²) in [5.41, 5.74) is -4.70. The summed E-state index contributed by atoms with van der Waals surface area (Å²) in [5, 5.41) is 0.355. The van der Waals surface area contributed by atoms with E-state index < -0.39 is 40.1 Å². The number of carbonyl (C=O) groups excluding carboxylic acids is 1. The summed E-state index contributed by atoms with van der Waals surface area (Å²) in [6.07, 6.45) is -1.18. The topological polar surface area (TPSA) is 97.4 Å². The molecule has 3 aromatic carbocycles. The van der Waals surface area contributed by atoms with Crippen LogP contribution in [-0.2, 0) is 31.0 Å². The van der Waals surface area contributed by atoms with Gasteiger partial charge in [-0.1, -0.05) is 24.3 Å². The van der Waals surface area contributed by atoms with E-state index in [1.807, 2.05) is 0 Å². The van der Waals surface area contributed by atoms with Crippen LogP contribution in [-0.4, -0.2) is 40.7 Å². The number of methoxy groups -OCH3 is 2. The molecule has 12 heteroatoms. The van der Waals surface area contributed by atoms with Gasteiger partial charge in [-0.15, -0.1) is 0 Å². The Morgan fingerprint density at radius 1 is 1.00 bits per heavy atom. The van der Waals surface area contributed by atoms with E-state index in [-0.39, 0.29) is 23.3 Å². The number of rotatable bonds is 10. The average molecular weight is 543 g/mol. The van der Waals surface area contributed by atoms with Gasteiger partial charge in [0.1, 0.15) is 24.2 Å². The van der Waals surface area contributed by atoms with Gasteiger partial charge in [0, 0.05) is 23.3 Å². The van der Waals surface area contributed by atoms with Crippen LogP contribution in [0.25, 0.3) is 10.8 Å². The van der Waals surface area contributed by atoms with E-state index in [0.29, 0.717) is 22.3 Å². The molecule has 0 amide bonds. The van der Waals surface area contributed by atoms with Gasteiger partial charge in [0.25, 0.3) is 0 Å². The van der Waals surface area contributed by atoms with E-state index >= 15 is 0 Å². The van der Waals surface area contributed by atoms with Crippen LogP contribution in [0.4, 0.5) is 13.2 Å². The Bertz CT molecular complexity index is 1370. The number of hydrogen-bond acceptors (Lipinski definition) is 8. The molecule has 0 fully saturated rings. The summed E-state index contributed by atoms with van der Waals surface area (Å²) in [6, 6.07) is 12.9. The number of esters is 1. The first-order chi connectivity index (χ1) is 17.4. The zero-order valence-corrected chi connectivity index (χ0v) is 21.2. The standard InChI is InChI=1S/C25H25F3O8S/c1-15-12-20-19(6-5-7-21(20)33-4)24(36-37(30,31)25(26,27)28)23(15)22(14-34-16(2)29)35-13-17-8-10-18(32-3)11-9-17/h5-12,22H,13-14H2,1-4H3. The van der Waals surface area contributed by atoms with Gasteiger partial charge in [0.2, 0.25) is 0 Å². The Morgan fingerprint density at radius 3 is 2.24 bits per heavy atom. The third-order valence-electron chi connectivity index (χ3n) is 5.41. The average Bonchev–Trinajstić information content (AvgIpc) is 2.84. The number of halogens is 3. The maximum absolute atomic E-state index is 13.3. The second-order valence-electron chi connectivity index (χ2n) is 7.93. The predicted octanol–water partition coefficient (Wildman–Crippen LogP) is 5.21. The fraction of sp³-hybridized carbons (Fsp3) is 0.320. The van der Waals surface area contributed by atoms with Crippen molar-refractivity contribution in [2.45, 2.75) is 32.1 Å². The molecular formula is C25H25F3O8S. The third kappa shape index (κ3) is 6.44. The molecule has 0 aromatic heterocycles. The minimum absolute atomic E-state index is 0.0247. The van der Waals surface area contributed by atoms with Crippen molar-refractivity contribution < 1.29 is 49.5 Å². The smallest absolute Gasteiger partial charge is 0.497 e. The largest absolute Gasteiger partial charge is 0.534 e. The molecule has 0 saturated heterocycles. The molecule has 1 unspecified atom stereocenters. The van der Waals surface area contributed by atoms with Crippen LogP contribution >= 0.6 is 0 Å². The predicted molar refractivity (Wildman–Crippen MR) is 128 cm³/mol. The van der Waals surface area contributed by atoms with Crippen LogP contribution in [0.2, 0.25) is 0 Å². The highest BCUT2D eigenvalue weighted by atomic mass is 32.2. The zero-order valence-electron chi connectivity index (χ0n) is 20.4. The summed E-state index contributed by atoms with van der Waals surface area (Å²) in [4.78, 5) is 11.6. The molecule has 0 N–H and O–H groups in total. The van der Waals surface area contributed by atoms with E-state index in [1.54, 1.807) is 43.3 Å². The van der Waals surface area contributed by atoms with Gasteiger partial charge in [-0.25, -0.2) is 0 Å². The first-order valence-electron chi connectivity index (χ1n) is 10.9. The first kappa shape index (κ1) is 28.1. The van der Waals surface area contributed by atoms with Gasteiger partial charge in [0.15, 0.2) is 5.75 Å². The summed E-state index contributed by atoms with van der Waals surface area (Å²) in [7, 11) is -3.18. The first-order valence-corrected chi connectivity index (χ1v) is 12.3. The molecule has 37 heavy (non-hydrogen) atoms. The summed E-state index contributed by atoms with van der Waals surface area (Å²) >= 11 is 0. The van der Waals surface area contributed by atoms with Crippen molar-refractivity contribution in [1.82, 2.24) is 0 Å². The van der Waals surface area contributed by atoms with Crippen LogP contribution in [0.1, 0.15) is 29.7 Å². The second-order valence-corrected chi connectivity index (χ2v) is 9.46. The molecule has 0 radical (unpaired) electrons. The number of carbonyl (C=O) groups is 1. The Labute approximate surface area is 212 Å². The number of alkyl halides is 3. The minimum Gasteiger partial charge on any atom is -0.497 e. The molecule has 0 aliphatic rings. The number of ether oxygens (including phenoxy) is 4. The molecule has 3 rings (SSSR count). The van der Waals surface area contributed by atoms with E-state index in [1.165, 1.54) is 26.4 Å². The normalized spacial score (nSPS) is 12.7. The molecule has 0 bridgehead atoms. The van der Waals surface area contributed by atoms with Crippen molar-refractivity contribution in [1.29, 1.82) is 0 Å². The lowest BCUT2D eigenvalue weighted by Crippen LogP contribution is -2.29. The third-order valence-corrected chi connectivity index (χ3v) is 6.36. The van der Waals surface area contributed by atoms with Crippen molar-refractivity contribution in [2.24, 2.45) is 0 Å². The highest BCUT2D eigenvalue weighted by Gasteiger charge is 2.49. The molecular weight excluding hydrogens is 517 g/mol. The minimum atomic E-state index is -6.06. The lowest BCUT2D eigenvalue weighted by Gasteiger charge is -2.24. The molecule has 0 saturated carbocycles. The zero-order chi connectivity index (χ0) is 27.4. The van der Waals surface area contributed by atoms with Gasteiger partial charge < -0.3 is 23.1 Å². The van der Waals surface area contributed by atoms with Gasteiger partial charge in [-0.2, -0.15) is 21.6 Å². The van der Waals surface area contributed by atoms with Crippen LogP contribution in [0.15, 0.2) is 48.5 Å². The van der Waals surface area contributed by atoms with Crippen LogP contribution in [0.3, 0.4) is 0 Å². The molecule has 0 aliphatic carbocycles. The molecule has 8 nitrogen and oxygen atoms in total. The Balaban J connectivity index is 2.18. The Kier molecular flexibility index (Phi) is 8.54. The van der Waals surface area contributed by atoms with E-state index in [0.717, 1.165) is 6.92 Å². The van der Waals surface area contributed by atoms with Gasteiger partial charge >= 0.3 is 21.6 Å². The second kappa shape index (κ2) is 11.3. The van der Waals surface area contributed by atoms with E-state index in [4.69, 9.17) is 23.1 Å². The molecule has 0 spiro atoms. The Morgan fingerprint density at radius 2 is 1.68 bits per heavy atom. The highest BCUT2D eigenvalue weighted by molar-refractivity contribution is 7.88. The van der Waals surface area contributed by atoms with Crippen molar-refractivity contribution in [3.63, 3.8) is 0 Å². The van der Waals surface area contributed by atoms with Crippen molar-refractivity contribution in [2.75, 3.05) is 20.8 Å². The quantitative estimate of drug-likeness (QED) is 0.196. The molecule has 200 valence electrons. The fourth-order valence-corrected chi connectivity index (χ4v) is 4.15. The summed E-state index contributed by atoms with van der Waals surface area (Å²) in [5.74, 6) is -0.369. The van der Waals surface area contributed by atoms with Gasteiger partial charge in [-0.3, -0.25) is 4.79 Å². The Hall–Kier alpha value is -3.51. The maximum atomic E-state index is 13.3. The van der Waals surface area contributed by atoms with Crippen LogP contribution in [0, 0.1) is 6.92 Å². The number of fused-ring (bicyclic) bond motifs is 1. The molecule has 0 aliphatic heterocycles. The van der Waals surface area contributed by atoms with E-state index in [2.05, 4.69) is 0 Å². The number of benzene rings is 3. The summed E-state index contributed by atoms with van der Waals surface area (Å²) < 4.78 is 90.4. The van der Waals surface area contributed by atoms with Gasteiger partial charge in [-0.05, 0) is 42.3 Å². The number of hydrogen-bond donors (Lipinski definition) is 0. The SMILES string of the molecule is COc1ccc(COC(COC(C)=O)c2c(C)cc3c(OC)cccc3c2OS(=O)(=O)C(F)(F)F)cc1. The molecule has 0 heterocycles. The fourth-order valence-electron chi connectivity index (χ4n) is 3.66. The summed E-state index contributed by atoms with van der Waals surface area (Å²) in [6.45, 7) is 2.25. The highest BCUT2D eigenvalue weighted by Crippen LogP contribution is 2.43. The van der Waals surface area contributed by atoms with E-state index in [9.17, 15) is 26.4 Å². The monoisotopic (exact) mass is 542 g/mol. The number of aryl methyl sites for hydroxylation is 1. The van der Waals surface area contributed by atoms with Gasteiger partial charge in [0.05, 0.1) is 20.8 Å².